The summed E-state index contributed by atoms with van der Waals surface area (Å²) in [4.78, 5) is 0. The van der Waals surface area contributed by atoms with Gasteiger partial charge in [-0.25, -0.2) is 0 Å². The van der Waals surface area contributed by atoms with Crippen LogP contribution in [0.2, 0.25) is 0 Å². The molecule has 0 nitrogen and oxygen atoms in total. The van der Waals surface area contributed by atoms with Gasteiger partial charge in [-0.15, -0.1) is 0 Å². The average molecular weight is 437 g/mol. The molecule has 0 spiro atoms. The van der Waals surface area contributed by atoms with Crippen LogP contribution >= 0.6 is 7.26 Å². The molecule has 3 aromatic carbocycles. The van der Waals surface area contributed by atoms with E-state index in [9.17, 15) is 0 Å². The summed E-state index contributed by atoms with van der Waals surface area (Å²) in [7, 11) is -2.17. The number of allylic oxidation sites excluding steroid dienone is 2. The topological polar surface area (TPSA) is 0 Å². The summed E-state index contributed by atoms with van der Waals surface area (Å²) in [5.74, 6) is 13.5. The minimum atomic E-state index is -2.17. The van der Waals surface area contributed by atoms with E-state index in [1.165, 1.54) is 15.9 Å². The molecule has 0 heterocycles. The first-order chi connectivity index (χ1) is 15.8. The fourth-order valence-corrected chi connectivity index (χ4v) is 8.77. The molecule has 162 valence electrons. The van der Waals surface area contributed by atoms with Gasteiger partial charge < -0.3 is 0 Å². The third kappa shape index (κ3) is 6.24. The van der Waals surface area contributed by atoms with Gasteiger partial charge in [0.15, 0.2) is 0 Å². The first-order valence-electron chi connectivity index (χ1n) is 11.5. The second-order valence-corrected chi connectivity index (χ2v) is 12.1. The van der Waals surface area contributed by atoms with Crippen molar-refractivity contribution >= 4 is 23.2 Å². The fraction of sp³-hybridized carbons (Fsp3) is 0.226. The molecule has 1 atom stereocenters. The van der Waals surface area contributed by atoms with Crippen LogP contribution in [0.25, 0.3) is 0 Å². The van der Waals surface area contributed by atoms with Gasteiger partial charge in [0.05, 0.1) is 0 Å². The number of hydrogen-bond acceptors (Lipinski definition) is 0. The van der Waals surface area contributed by atoms with Crippen LogP contribution in [0, 0.1) is 29.6 Å². The van der Waals surface area contributed by atoms with Crippen molar-refractivity contribution < 1.29 is 0 Å². The van der Waals surface area contributed by atoms with E-state index in [-0.39, 0.29) is 0 Å². The first kappa shape index (κ1) is 23.6. The van der Waals surface area contributed by atoms with Crippen molar-refractivity contribution in [3.05, 3.63) is 103 Å². The molecule has 0 aliphatic carbocycles. The molecule has 0 fully saturated rings. The summed E-state index contributed by atoms with van der Waals surface area (Å²) < 4.78 is 0. The van der Waals surface area contributed by atoms with Gasteiger partial charge in [0.1, 0.15) is 0 Å². The van der Waals surface area contributed by atoms with Gasteiger partial charge in [0.2, 0.25) is 0 Å². The van der Waals surface area contributed by atoms with Gasteiger partial charge in [-0.2, -0.15) is 0 Å². The van der Waals surface area contributed by atoms with E-state index in [1.54, 1.807) is 0 Å². The molecule has 3 aromatic rings. The summed E-state index contributed by atoms with van der Waals surface area (Å²) in [6.07, 6.45) is 7.94. The van der Waals surface area contributed by atoms with E-state index >= 15 is 0 Å². The SMILES string of the molecule is CCC#CC[C@H](C)/C=C/C#CCC[PH](c1ccccc1)(c1ccccc1)c1ccccc1. The number of rotatable bonds is 7. The fourth-order valence-electron chi connectivity index (χ4n) is 4.12. The normalized spacial score (nSPS) is 12.3. The maximum absolute atomic E-state index is 3.43. The molecule has 3 rings (SSSR count). The molecular weight excluding hydrogens is 403 g/mol. The van der Waals surface area contributed by atoms with Gasteiger partial charge >= 0.3 is 195 Å². The maximum atomic E-state index is 3.43. The summed E-state index contributed by atoms with van der Waals surface area (Å²) >= 11 is 0. The van der Waals surface area contributed by atoms with Crippen molar-refractivity contribution in [3.63, 3.8) is 0 Å². The minimum absolute atomic E-state index is 0.440. The molecular formula is C31H33P. The van der Waals surface area contributed by atoms with Crippen molar-refractivity contribution in [2.24, 2.45) is 5.92 Å². The van der Waals surface area contributed by atoms with E-state index in [2.05, 4.69) is 135 Å². The third-order valence-corrected chi connectivity index (χ3v) is 10.7. The van der Waals surface area contributed by atoms with Crippen molar-refractivity contribution in [2.45, 2.75) is 33.1 Å². The van der Waals surface area contributed by atoms with Crippen molar-refractivity contribution in [2.75, 3.05) is 6.16 Å². The van der Waals surface area contributed by atoms with Gasteiger partial charge in [-0.05, 0) is 0 Å². The van der Waals surface area contributed by atoms with E-state index in [0.717, 1.165) is 25.4 Å². The molecule has 0 saturated heterocycles. The summed E-state index contributed by atoms with van der Waals surface area (Å²) in [6.45, 7) is 4.28. The monoisotopic (exact) mass is 436 g/mol. The Balaban J connectivity index is 1.88. The molecule has 0 saturated carbocycles. The Morgan fingerprint density at radius 3 is 1.69 bits per heavy atom. The second-order valence-electron chi connectivity index (χ2n) is 8.07. The zero-order valence-corrected chi connectivity index (χ0v) is 20.2. The Bertz CT molecular complexity index is 994. The zero-order chi connectivity index (χ0) is 22.5. The van der Waals surface area contributed by atoms with Crippen LogP contribution in [0.1, 0.15) is 33.1 Å². The van der Waals surface area contributed by atoms with Gasteiger partial charge in [-0.1, -0.05) is 0 Å². The van der Waals surface area contributed by atoms with Crippen LogP contribution in [-0.4, -0.2) is 6.16 Å². The number of benzene rings is 3. The molecule has 0 unspecified atom stereocenters. The molecule has 0 radical (unpaired) electrons. The van der Waals surface area contributed by atoms with E-state index in [1.807, 2.05) is 6.08 Å². The van der Waals surface area contributed by atoms with Gasteiger partial charge in [0, 0.05) is 0 Å². The predicted octanol–water partition coefficient (Wildman–Crippen LogP) is 6.10. The van der Waals surface area contributed by atoms with Crippen LogP contribution < -0.4 is 15.9 Å². The molecule has 32 heavy (non-hydrogen) atoms. The molecule has 0 aliphatic heterocycles. The summed E-state index contributed by atoms with van der Waals surface area (Å²) in [6, 6.07) is 33.1. The molecule has 0 aromatic heterocycles. The predicted molar refractivity (Wildman–Crippen MR) is 145 cm³/mol. The van der Waals surface area contributed by atoms with Crippen molar-refractivity contribution in [3.8, 4) is 23.7 Å². The second kappa shape index (κ2) is 12.7. The third-order valence-electron chi connectivity index (χ3n) is 5.76. The summed E-state index contributed by atoms with van der Waals surface area (Å²) in [5.41, 5.74) is 0. The Hall–Kier alpha value is -3.05. The molecule has 0 bridgehead atoms. The van der Waals surface area contributed by atoms with Crippen molar-refractivity contribution in [1.29, 1.82) is 0 Å². The van der Waals surface area contributed by atoms with E-state index in [4.69, 9.17) is 0 Å². The van der Waals surface area contributed by atoms with Gasteiger partial charge in [0.25, 0.3) is 0 Å². The standard InChI is InChI=1S/C31H33P/c1-3-4-10-19-28(2)20-11-5-6-18-27-32(29-21-12-7-13-22-29,30-23-14-8-15-24-30)31-25-16-9-17-26-31/h7-9,11-17,20-26,28,32H,3,18-19,27H2,1-2H3/b20-11+/t28-/m0/s1. The van der Waals surface area contributed by atoms with E-state index < -0.39 is 7.26 Å². The molecule has 1 heteroatoms. The quantitative estimate of drug-likeness (QED) is 0.310. The Kier molecular flexibility index (Phi) is 9.38. The number of hydrogen-bond donors (Lipinski definition) is 0. The van der Waals surface area contributed by atoms with E-state index in [0.29, 0.717) is 5.92 Å². The average Bonchev–Trinajstić information content (AvgIpc) is 2.85. The van der Waals surface area contributed by atoms with Crippen LogP contribution in [0.3, 0.4) is 0 Å². The van der Waals surface area contributed by atoms with Crippen molar-refractivity contribution in [1.82, 2.24) is 0 Å². The Morgan fingerprint density at radius 2 is 1.22 bits per heavy atom. The molecule has 0 amide bonds. The van der Waals surface area contributed by atoms with Crippen LogP contribution in [0.4, 0.5) is 0 Å². The van der Waals surface area contributed by atoms with Crippen LogP contribution in [0.15, 0.2) is 103 Å². The Labute approximate surface area is 195 Å². The van der Waals surface area contributed by atoms with Gasteiger partial charge in [-0.3, -0.25) is 0 Å². The van der Waals surface area contributed by atoms with Crippen LogP contribution in [-0.2, 0) is 0 Å². The van der Waals surface area contributed by atoms with Crippen LogP contribution in [0.5, 0.6) is 0 Å². The Morgan fingerprint density at radius 1 is 0.719 bits per heavy atom. The first-order valence-corrected chi connectivity index (χ1v) is 13.8. The zero-order valence-electron chi connectivity index (χ0n) is 19.2. The molecule has 0 N–H and O–H groups in total. The molecule has 0 aliphatic rings. The summed E-state index contributed by atoms with van der Waals surface area (Å²) in [5, 5.41) is 4.33.